The summed E-state index contributed by atoms with van der Waals surface area (Å²) in [6, 6.07) is 15.5. The maximum atomic E-state index is 13.4. The average Bonchev–Trinajstić information content (AvgIpc) is 2.65. The number of amides is 1. The van der Waals surface area contributed by atoms with E-state index in [-0.39, 0.29) is 24.1 Å². The van der Waals surface area contributed by atoms with E-state index >= 15 is 0 Å². The number of hydrogen-bond donors (Lipinski definition) is 0. The van der Waals surface area contributed by atoms with Crippen molar-refractivity contribution in [3.63, 3.8) is 0 Å². The average molecular weight is 341 g/mol. The second kappa shape index (κ2) is 8.78. The molecule has 4 nitrogen and oxygen atoms in total. The molecule has 0 bridgehead atoms. The Kier molecular flexibility index (Phi) is 6.46. The van der Waals surface area contributed by atoms with E-state index in [0.717, 1.165) is 11.6 Å². The van der Waals surface area contributed by atoms with Gasteiger partial charge in [0.15, 0.2) is 6.61 Å². The molecule has 1 amide bonds. The first-order valence-electron chi connectivity index (χ1n) is 7.89. The Morgan fingerprint density at radius 2 is 1.76 bits per heavy atom. The van der Waals surface area contributed by atoms with Crippen LogP contribution in [0.15, 0.2) is 60.7 Å². The molecule has 2 aromatic rings. The topological polar surface area (TPSA) is 46.6 Å². The lowest BCUT2D eigenvalue weighted by atomic mass is 10.1. The minimum Gasteiger partial charge on any atom is -0.452 e. The summed E-state index contributed by atoms with van der Waals surface area (Å²) in [5, 5.41) is 0. The van der Waals surface area contributed by atoms with E-state index in [4.69, 9.17) is 4.74 Å². The lowest BCUT2D eigenvalue weighted by Crippen LogP contribution is -2.33. The van der Waals surface area contributed by atoms with Crippen LogP contribution in [0.4, 0.5) is 4.39 Å². The van der Waals surface area contributed by atoms with Crippen molar-refractivity contribution in [1.29, 1.82) is 0 Å². The smallest absolute Gasteiger partial charge is 0.331 e. The lowest BCUT2D eigenvalue weighted by molar-refractivity contribution is -0.148. The Hall–Kier alpha value is -2.95. The van der Waals surface area contributed by atoms with Gasteiger partial charge in [0.25, 0.3) is 5.91 Å². The second-order valence-electron chi connectivity index (χ2n) is 5.55. The maximum Gasteiger partial charge on any atom is 0.331 e. The van der Waals surface area contributed by atoms with Crippen LogP contribution in [0.25, 0.3) is 6.08 Å². The van der Waals surface area contributed by atoms with Crippen LogP contribution in [-0.2, 0) is 14.3 Å². The number of benzene rings is 2. The van der Waals surface area contributed by atoms with Crippen molar-refractivity contribution in [3.05, 3.63) is 77.6 Å². The zero-order valence-corrected chi connectivity index (χ0v) is 14.2. The van der Waals surface area contributed by atoms with E-state index < -0.39 is 11.8 Å². The van der Waals surface area contributed by atoms with Crippen LogP contribution in [0, 0.1) is 5.82 Å². The summed E-state index contributed by atoms with van der Waals surface area (Å²) in [6.45, 7) is 1.53. The van der Waals surface area contributed by atoms with Gasteiger partial charge >= 0.3 is 5.97 Å². The lowest BCUT2D eigenvalue weighted by Gasteiger charge is -2.25. The molecule has 25 heavy (non-hydrogen) atoms. The van der Waals surface area contributed by atoms with Gasteiger partial charge in [-0.2, -0.15) is 0 Å². The van der Waals surface area contributed by atoms with E-state index in [1.165, 1.54) is 17.0 Å². The van der Waals surface area contributed by atoms with Gasteiger partial charge in [0.1, 0.15) is 5.82 Å². The molecule has 0 unspecified atom stereocenters. The molecule has 2 aromatic carbocycles. The van der Waals surface area contributed by atoms with Gasteiger partial charge in [-0.15, -0.1) is 0 Å². The predicted molar refractivity (Wildman–Crippen MR) is 94.0 cm³/mol. The highest BCUT2D eigenvalue weighted by molar-refractivity contribution is 5.89. The molecule has 130 valence electrons. The van der Waals surface area contributed by atoms with Gasteiger partial charge in [-0.25, -0.2) is 9.18 Å². The number of nitrogens with zero attached hydrogens (tertiary/aromatic N) is 1. The molecule has 0 aliphatic heterocycles. The minimum absolute atomic E-state index is 0.138. The molecule has 0 fully saturated rings. The minimum atomic E-state index is -0.697. The number of rotatable bonds is 6. The monoisotopic (exact) mass is 341 g/mol. The molecule has 5 heteroatoms. The normalized spacial score (nSPS) is 12.0. The summed E-state index contributed by atoms with van der Waals surface area (Å²) in [5.41, 5.74) is 1.27. The zero-order chi connectivity index (χ0) is 18.2. The number of ether oxygens (including phenoxy) is 1. The number of halogens is 1. The van der Waals surface area contributed by atoms with E-state index in [0.29, 0.717) is 0 Å². The summed E-state index contributed by atoms with van der Waals surface area (Å²) >= 11 is 0. The van der Waals surface area contributed by atoms with Gasteiger partial charge in [0.2, 0.25) is 0 Å². The molecule has 0 heterocycles. The Morgan fingerprint density at radius 3 is 2.44 bits per heavy atom. The Morgan fingerprint density at radius 1 is 1.12 bits per heavy atom. The summed E-state index contributed by atoms with van der Waals surface area (Å²) < 4.78 is 18.4. The highest BCUT2D eigenvalue weighted by atomic mass is 19.1. The fourth-order valence-electron chi connectivity index (χ4n) is 2.22. The van der Waals surface area contributed by atoms with Crippen molar-refractivity contribution in [2.24, 2.45) is 0 Å². The maximum absolute atomic E-state index is 13.4. The van der Waals surface area contributed by atoms with Gasteiger partial charge in [-0.05, 0) is 24.6 Å². The van der Waals surface area contributed by atoms with Crippen LogP contribution in [-0.4, -0.2) is 30.4 Å². The Labute approximate surface area is 146 Å². The quantitative estimate of drug-likeness (QED) is 0.596. The van der Waals surface area contributed by atoms with Crippen LogP contribution >= 0.6 is 0 Å². The molecule has 0 radical (unpaired) electrons. The number of likely N-dealkylation sites (N-methyl/N-ethyl adjacent to an activating group) is 1. The SMILES string of the molecule is C[C@@H](c1ccccc1)N(C)C(=O)COC(=O)/C=C/c1ccccc1F. The Balaban J connectivity index is 1.86. The van der Waals surface area contributed by atoms with Crippen LogP contribution in [0.2, 0.25) is 0 Å². The molecule has 0 aromatic heterocycles. The zero-order valence-electron chi connectivity index (χ0n) is 14.2. The van der Waals surface area contributed by atoms with Gasteiger partial charge < -0.3 is 9.64 Å². The molecule has 0 saturated heterocycles. The van der Waals surface area contributed by atoms with Gasteiger partial charge in [0, 0.05) is 18.7 Å². The molecule has 0 aliphatic rings. The third-order valence-electron chi connectivity index (χ3n) is 3.90. The number of carbonyl (C=O) groups is 2. The van der Waals surface area contributed by atoms with Crippen molar-refractivity contribution < 1.29 is 18.7 Å². The molecular weight excluding hydrogens is 321 g/mol. The van der Waals surface area contributed by atoms with Gasteiger partial charge in [0.05, 0.1) is 6.04 Å². The van der Waals surface area contributed by atoms with Gasteiger partial charge in [-0.3, -0.25) is 4.79 Å². The van der Waals surface area contributed by atoms with Crippen LogP contribution in [0.3, 0.4) is 0 Å². The third kappa shape index (κ3) is 5.28. The van der Waals surface area contributed by atoms with Crippen LogP contribution in [0.1, 0.15) is 24.1 Å². The molecule has 1 atom stereocenters. The standard InChI is InChI=1S/C20H20FNO3/c1-15(16-8-4-3-5-9-16)22(2)19(23)14-25-20(24)13-12-17-10-6-7-11-18(17)21/h3-13,15H,14H2,1-2H3/b13-12+/t15-/m0/s1. The molecule has 0 saturated carbocycles. The molecule has 0 spiro atoms. The van der Waals surface area contributed by atoms with Crippen LogP contribution in [0.5, 0.6) is 0 Å². The molecule has 2 rings (SSSR count). The third-order valence-corrected chi connectivity index (χ3v) is 3.90. The van der Waals surface area contributed by atoms with E-state index in [1.54, 1.807) is 25.2 Å². The van der Waals surface area contributed by atoms with E-state index in [1.807, 2.05) is 37.3 Å². The molecular formula is C20H20FNO3. The number of carbonyl (C=O) groups excluding carboxylic acids is 2. The van der Waals surface area contributed by atoms with Crippen molar-refractivity contribution in [2.45, 2.75) is 13.0 Å². The fraction of sp³-hybridized carbons (Fsp3) is 0.200. The van der Waals surface area contributed by atoms with Crippen molar-refractivity contribution in [3.8, 4) is 0 Å². The highest BCUT2D eigenvalue weighted by Gasteiger charge is 2.18. The second-order valence-corrected chi connectivity index (χ2v) is 5.55. The predicted octanol–water partition coefficient (Wildman–Crippen LogP) is 3.60. The van der Waals surface area contributed by atoms with Crippen molar-refractivity contribution >= 4 is 18.0 Å². The first-order chi connectivity index (χ1) is 12.0. The molecule has 0 N–H and O–H groups in total. The van der Waals surface area contributed by atoms with E-state index in [2.05, 4.69) is 0 Å². The van der Waals surface area contributed by atoms with E-state index in [9.17, 15) is 14.0 Å². The summed E-state index contributed by atoms with van der Waals surface area (Å²) in [6.07, 6.45) is 2.42. The number of esters is 1. The first kappa shape index (κ1) is 18.4. The van der Waals surface area contributed by atoms with Gasteiger partial charge in [-0.1, -0.05) is 48.5 Å². The van der Waals surface area contributed by atoms with Crippen LogP contribution < -0.4 is 0 Å². The summed E-state index contributed by atoms with van der Waals surface area (Å²) in [7, 11) is 1.66. The summed E-state index contributed by atoms with van der Waals surface area (Å²) in [5.74, 6) is -1.44. The van der Waals surface area contributed by atoms with Crippen molar-refractivity contribution in [1.82, 2.24) is 4.90 Å². The first-order valence-corrected chi connectivity index (χ1v) is 7.89. The largest absolute Gasteiger partial charge is 0.452 e. The number of hydrogen-bond acceptors (Lipinski definition) is 3. The Bertz CT molecular complexity index is 759. The molecule has 0 aliphatic carbocycles. The fourth-order valence-corrected chi connectivity index (χ4v) is 2.22. The van der Waals surface area contributed by atoms with Crippen molar-refractivity contribution in [2.75, 3.05) is 13.7 Å². The highest BCUT2D eigenvalue weighted by Crippen LogP contribution is 2.18. The summed E-state index contributed by atoms with van der Waals surface area (Å²) in [4.78, 5) is 25.4.